The number of likely N-dealkylation sites (N-methyl/N-ethyl adjacent to an activating group) is 1. The van der Waals surface area contributed by atoms with Gasteiger partial charge in [-0.15, -0.1) is 0 Å². The van der Waals surface area contributed by atoms with E-state index in [4.69, 9.17) is 15.9 Å². The van der Waals surface area contributed by atoms with Crippen molar-refractivity contribution in [2.45, 2.75) is 44.7 Å². The second-order valence-electron chi connectivity index (χ2n) is 10.3. The van der Waals surface area contributed by atoms with E-state index in [0.717, 1.165) is 38.2 Å². The van der Waals surface area contributed by atoms with E-state index in [1.165, 1.54) is 19.2 Å². The van der Waals surface area contributed by atoms with Gasteiger partial charge < -0.3 is 20.7 Å². The lowest BCUT2D eigenvalue weighted by Gasteiger charge is -2.33. The van der Waals surface area contributed by atoms with Crippen molar-refractivity contribution < 1.29 is 9.53 Å². The van der Waals surface area contributed by atoms with Gasteiger partial charge in [-0.1, -0.05) is 31.2 Å². The molecule has 4 N–H and O–H groups in total. The van der Waals surface area contributed by atoms with Gasteiger partial charge in [-0.2, -0.15) is 0 Å². The average Bonchev–Trinajstić information content (AvgIpc) is 3.82. The summed E-state index contributed by atoms with van der Waals surface area (Å²) in [6.07, 6.45) is 9.40. The third-order valence-electron chi connectivity index (χ3n) is 7.39. The first-order chi connectivity index (χ1) is 19.5. The molecule has 1 amide bonds. The van der Waals surface area contributed by atoms with E-state index < -0.39 is 0 Å². The highest BCUT2D eigenvalue weighted by Gasteiger charge is 2.27. The molecule has 2 aliphatic rings. The number of benzene rings is 2. The van der Waals surface area contributed by atoms with E-state index in [0.29, 0.717) is 35.3 Å². The molecular weight excluding hydrogens is 502 g/mol. The zero-order valence-corrected chi connectivity index (χ0v) is 22.9. The van der Waals surface area contributed by atoms with Crippen molar-refractivity contribution in [1.29, 1.82) is 5.41 Å². The Balaban J connectivity index is 1.23. The number of carbonyl (C=O) groups excluding carboxylic acids is 1. The van der Waals surface area contributed by atoms with Crippen LogP contribution >= 0.6 is 0 Å². The fourth-order valence-corrected chi connectivity index (χ4v) is 5.07. The van der Waals surface area contributed by atoms with Gasteiger partial charge in [0, 0.05) is 43.4 Å². The molecule has 2 aromatic carbocycles. The van der Waals surface area contributed by atoms with Crippen LogP contribution in [-0.4, -0.2) is 69.6 Å². The van der Waals surface area contributed by atoms with Gasteiger partial charge in [0.05, 0.1) is 11.3 Å². The van der Waals surface area contributed by atoms with E-state index in [1.54, 1.807) is 6.08 Å². The molecule has 2 heterocycles. The minimum absolute atomic E-state index is 0.00722. The molecule has 1 saturated heterocycles. The number of anilines is 2. The van der Waals surface area contributed by atoms with Crippen molar-refractivity contribution in [2.24, 2.45) is 0 Å². The predicted octanol–water partition coefficient (Wildman–Crippen LogP) is 4.71. The maximum absolute atomic E-state index is 12.9. The van der Waals surface area contributed by atoms with Crippen LogP contribution in [0.1, 0.15) is 43.7 Å². The number of aromatic nitrogens is 2. The number of hydrogen-bond acceptors (Lipinski definition) is 8. The lowest BCUT2D eigenvalue weighted by atomic mass is 10.0. The Kier molecular flexibility index (Phi) is 8.71. The van der Waals surface area contributed by atoms with E-state index in [9.17, 15) is 4.79 Å². The van der Waals surface area contributed by atoms with Crippen molar-refractivity contribution >= 4 is 23.3 Å². The molecule has 208 valence electrons. The quantitative estimate of drug-likeness (QED) is 0.238. The molecule has 40 heavy (non-hydrogen) atoms. The number of piperidine rings is 1. The predicted molar refractivity (Wildman–Crippen MR) is 158 cm³/mol. The number of likely N-dealkylation sites (tertiary alicyclic amines) is 1. The summed E-state index contributed by atoms with van der Waals surface area (Å²) < 4.78 is 5.88. The van der Waals surface area contributed by atoms with Crippen LogP contribution in [0.4, 0.5) is 11.6 Å². The Morgan fingerprint density at radius 2 is 1.88 bits per heavy atom. The largest absolute Gasteiger partial charge is 0.457 e. The van der Waals surface area contributed by atoms with Crippen molar-refractivity contribution in [1.82, 2.24) is 19.8 Å². The fourth-order valence-electron chi connectivity index (χ4n) is 5.07. The summed E-state index contributed by atoms with van der Waals surface area (Å²) in [7, 11) is 0. The second kappa shape index (κ2) is 12.7. The third-order valence-corrected chi connectivity index (χ3v) is 7.39. The molecule has 0 bridgehead atoms. The van der Waals surface area contributed by atoms with Gasteiger partial charge in [0.1, 0.15) is 29.5 Å². The first-order valence-electron chi connectivity index (χ1n) is 14.0. The molecule has 1 aliphatic carbocycles. The first kappa shape index (κ1) is 27.3. The van der Waals surface area contributed by atoms with E-state index in [1.807, 2.05) is 65.6 Å². The van der Waals surface area contributed by atoms with Crippen molar-refractivity contribution in [3.05, 3.63) is 84.2 Å². The van der Waals surface area contributed by atoms with Crippen LogP contribution in [0.15, 0.2) is 73.1 Å². The van der Waals surface area contributed by atoms with Gasteiger partial charge in [0.2, 0.25) is 5.91 Å². The van der Waals surface area contributed by atoms with Gasteiger partial charge in [-0.25, -0.2) is 9.97 Å². The molecule has 2 fully saturated rings. The monoisotopic (exact) mass is 539 g/mol. The second-order valence-corrected chi connectivity index (χ2v) is 10.3. The highest BCUT2D eigenvalue weighted by molar-refractivity contribution is 6.16. The number of carbonyl (C=O) groups is 1. The molecule has 3 aromatic rings. The molecule has 0 unspecified atom stereocenters. The van der Waals surface area contributed by atoms with Crippen molar-refractivity contribution in [3.63, 3.8) is 0 Å². The number of para-hydroxylation sites is 1. The highest BCUT2D eigenvalue weighted by Crippen LogP contribution is 2.27. The standard InChI is InChI=1S/C31H37N7O2/c1-2-37(24-14-15-24)18-7-11-27(39)38-19-6-8-23(20-38)36-31-28(30(33)34-21-35-31)29(32)22-12-16-26(17-13-22)40-25-9-4-3-5-10-25/h3-5,7,9-13,16-17,21,23-24,32H,2,6,8,14-15,18-20H2,1H3,(H3,33,34,35,36)/b11-7+,32-29?/t23-/m1/s1. The summed E-state index contributed by atoms with van der Waals surface area (Å²) in [4.78, 5) is 25.8. The molecule has 0 spiro atoms. The van der Waals surface area contributed by atoms with Crippen LogP contribution < -0.4 is 15.8 Å². The number of amides is 1. The molecule has 1 saturated carbocycles. The number of nitrogens with one attached hydrogen (secondary N) is 2. The van der Waals surface area contributed by atoms with E-state index in [2.05, 4.69) is 27.1 Å². The Bertz CT molecular complexity index is 1340. The zero-order chi connectivity index (χ0) is 27.9. The maximum Gasteiger partial charge on any atom is 0.246 e. The minimum Gasteiger partial charge on any atom is -0.457 e. The van der Waals surface area contributed by atoms with Crippen LogP contribution in [0.2, 0.25) is 0 Å². The molecule has 9 nitrogen and oxygen atoms in total. The number of hydrogen-bond donors (Lipinski definition) is 3. The van der Waals surface area contributed by atoms with E-state index >= 15 is 0 Å². The summed E-state index contributed by atoms with van der Waals surface area (Å²) in [6, 6.07) is 17.5. The third kappa shape index (κ3) is 6.84. The normalized spacial score (nSPS) is 17.2. The number of ether oxygens (including phenoxy) is 1. The van der Waals surface area contributed by atoms with Crippen LogP contribution in [-0.2, 0) is 4.79 Å². The summed E-state index contributed by atoms with van der Waals surface area (Å²) in [6.45, 7) is 5.27. The Hall–Kier alpha value is -4.24. The first-order valence-corrected chi connectivity index (χ1v) is 14.0. The van der Waals surface area contributed by atoms with Crippen molar-refractivity contribution in [2.75, 3.05) is 37.2 Å². The smallest absolute Gasteiger partial charge is 0.246 e. The Morgan fingerprint density at radius 1 is 1.12 bits per heavy atom. The average molecular weight is 540 g/mol. The molecule has 1 atom stereocenters. The van der Waals surface area contributed by atoms with Crippen LogP contribution in [0, 0.1) is 5.41 Å². The van der Waals surface area contributed by atoms with E-state index in [-0.39, 0.29) is 23.5 Å². The topological polar surface area (TPSA) is 120 Å². The number of nitrogen functional groups attached to an aromatic ring is 1. The Morgan fingerprint density at radius 3 is 2.60 bits per heavy atom. The van der Waals surface area contributed by atoms with Gasteiger partial charge in [0.25, 0.3) is 0 Å². The lowest BCUT2D eigenvalue weighted by Crippen LogP contribution is -2.45. The van der Waals surface area contributed by atoms with Gasteiger partial charge in [0.15, 0.2) is 0 Å². The summed E-state index contributed by atoms with van der Waals surface area (Å²) in [5.74, 6) is 2.18. The lowest BCUT2D eigenvalue weighted by molar-refractivity contribution is -0.127. The van der Waals surface area contributed by atoms with Crippen molar-refractivity contribution in [3.8, 4) is 11.5 Å². The van der Waals surface area contributed by atoms with Gasteiger partial charge in [-0.05, 0) is 68.6 Å². The number of nitrogens with zero attached hydrogens (tertiary/aromatic N) is 4. The SMILES string of the molecule is CCN(C/C=C/C(=O)N1CCC[C@@H](Nc2ncnc(N)c2C(=N)c2ccc(Oc3ccccc3)cc2)C1)C1CC1. The maximum atomic E-state index is 12.9. The van der Waals surface area contributed by atoms with Gasteiger partial charge in [-0.3, -0.25) is 15.1 Å². The summed E-state index contributed by atoms with van der Waals surface area (Å²) in [5, 5.41) is 12.4. The highest BCUT2D eigenvalue weighted by atomic mass is 16.5. The molecule has 1 aromatic heterocycles. The van der Waals surface area contributed by atoms with Gasteiger partial charge >= 0.3 is 0 Å². The number of nitrogens with two attached hydrogens (primary N) is 1. The van der Waals surface area contributed by atoms with Crippen LogP contribution in [0.25, 0.3) is 0 Å². The minimum atomic E-state index is -0.00722. The molecular formula is C31H37N7O2. The van der Waals surface area contributed by atoms with Crippen LogP contribution in [0.5, 0.6) is 11.5 Å². The fraction of sp³-hybridized carbons (Fsp3) is 0.355. The summed E-state index contributed by atoms with van der Waals surface area (Å²) in [5.41, 5.74) is 7.59. The molecule has 9 heteroatoms. The molecule has 5 rings (SSSR count). The zero-order valence-electron chi connectivity index (χ0n) is 22.9. The van der Waals surface area contributed by atoms with Crippen LogP contribution in [0.3, 0.4) is 0 Å². The Labute approximate surface area is 235 Å². The molecule has 1 aliphatic heterocycles. The molecule has 0 radical (unpaired) electrons. The summed E-state index contributed by atoms with van der Waals surface area (Å²) >= 11 is 0. The number of rotatable bonds is 11.